The number of nitrogens with one attached hydrogen (secondary N) is 1. The number of anilines is 1. The molecule has 17 heteroatoms. The lowest BCUT2D eigenvalue weighted by Crippen LogP contribution is -2.33. The molecule has 2 aliphatic rings. The van der Waals surface area contributed by atoms with Crippen LogP contribution in [0.1, 0.15) is 30.9 Å². The van der Waals surface area contributed by atoms with Crippen LogP contribution in [0.3, 0.4) is 0 Å². The number of hydrogen-bond acceptors (Lipinski definition) is 13. The third-order valence-corrected chi connectivity index (χ3v) is 7.11. The maximum absolute atomic E-state index is 12.1. The quantitative estimate of drug-likeness (QED) is 0.213. The van der Waals surface area contributed by atoms with E-state index >= 15 is 0 Å². The third kappa shape index (κ3) is 5.15. The van der Waals surface area contributed by atoms with E-state index in [-0.39, 0.29) is 31.9 Å². The Morgan fingerprint density at radius 2 is 1.95 bits per heavy atom. The van der Waals surface area contributed by atoms with Crippen molar-refractivity contribution in [3.05, 3.63) is 45.3 Å². The molecule has 0 aliphatic carbocycles. The highest BCUT2D eigenvalue weighted by Gasteiger charge is 2.40. The molecular formula is C20H26N7O9P. The molecule has 200 valence electrons. The van der Waals surface area contributed by atoms with E-state index in [0.29, 0.717) is 16.7 Å². The van der Waals surface area contributed by atoms with Gasteiger partial charge in [-0.15, -0.1) is 0 Å². The molecule has 0 saturated carbocycles. The van der Waals surface area contributed by atoms with E-state index in [4.69, 9.17) is 24.3 Å². The number of ether oxygens (including phenoxy) is 2. The van der Waals surface area contributed by atoms with Gasteiger partial charge < -0.3 is 39.4 Å². The monoisotopic (exact) mass is 539 g/mol. The fourth-order valence-corrected chi connectivity index (χ4v) is 5.14. The van der Waals surface area contributed by atoms with E-state index < -0.39 is 56.7 Å². The summed E-state index contributed by atoms with van der Waals surface area (Å²) in [5.41, 5.74) is 5.86. The van der Waals surface area contributed by atoms with Gasteiger partial charge in [0.2, 0.25) is 0 Å². The fraction of sp³-hybridized carbons (Fsp3) is 0.550. The summed E-state index contributed by atoms with van der Waals surface area (Å²) in [7, 11) is -2.43. The van der Waals surface area contributed by atoms with Crippen LogP contribution in [0.25, 0.3) is 11.2 Å². The van der Waals surface area contributed by atoms with Gasteiger partial charge in [0, 0.05) is 24.6 Å². The number of rotatable bonds is 8. The van der Waals surface area contributed by atoms with E-state index in [1.54, 1.807) is 11.5 Å². The Hall–Kier alpha value is -2.82. The van der Waals surface area contributed by atoms with Gasteiger partial charge in [-0.2, -0.15) is 0 Å². The lowest BCUT2D eigenvalue weighted by molar-refractivity contribution is -0.0517. The van der Waals surface area contributed by atoms with Crippen LogP contribution in [-0.4, -0.2) is 81.8 Å². The predicted octanol–water partition coefficient (Wildman–Crippen LogP) is -1.18. The first-order valence-electron chi connectivity index (χ1n) is 11.4. The van der Waals surface area contributed by atoms with Crippen LogP contribution in [0, 0.1) is 6.92 Å². The fourth-order valence-electron chi connectivity index (χ4n) is 4.35. The molecule has 2 saturated heterocycles. The van der Waals surface area contributed by atoms with E-state index in [2.05, 4.69) is 19.9 Å². The zero-order valence-corrected chi connectivity index (χ0v) is 20.5. The molecule has 5 rings (SSSR count). The van der Waals surface area contributed by atoms with Crippen LogP contribution in [0.4, 0.5) is 5.82 Å². The van der Waals surface area contributed by atoms with Crippen molar-refractivity contribution >= 4 is 25.6 Å². The van der Waals surface area contributed by atoms with E-state index in [1.807, 2.05) is 0 Å². The minimum absolute atomic E-state index is 0.0846. The molecule has 0 amide bonds. The number of aliphatic hydroxyl groups excluding tert-OH is 2. The van der Waals surface area contributed by atoms with Gasteiger partial charge >= 0.3 is 14.3 Å². The molecule has 3 aromatic rings. The summed E-state index contributed by atoms with van der Waals surface area (Å²) in [6, 6.07) is 0. The molecule has 2 aliphatic heterocycles. The lowest BCUT2D eigenvalue weighted by Gasteiger charge is -2.21. The number of nitrogen functional groups attached to an aromatic ring is 1. The number of aryl methyl sites for hydroxylation is 1. The van der Waals surface area contributed by atoms with E-state index in [0.717, 1.165) is 0 Å². The number of aromatic amines is 1. The number of aromatic nitrogens is 6. The summed E-state index contributed by atoms with van der Waals surface area (Å²) in [6.45, 7) is 0.958. The van der Waals surface area contributed by atoms with Crippen molar-refractivity contribution in [2.45, 2.75) is 56.6 Å². The van der Waals surface area contributed by atoms with E-state index in [1.165, 1.54) is 23.4 Å². The van der Waals surface area contributed by atoms with Gasteiger partial charge in [0.05, 0.1) is 31.7 Å². The number of H-pyrrole nitrogens is 1. The van der Waals surface area contributed by atoms with Gasteiger partial charge in [-0.3, -0.25) is 18.9 Å². The van der Waals surface area contributed by atoms with Crippen LogP contribution in [-0.2, 0) is 18.5 Å². The Balaban J connectivity index is 1.18. The number of fused-ring (bicyclic) bond motifs is 1. The highest BCUT2D eigenvalue weighted by molar-refractivity contribution is 7.40. The first-order chi connectivity index (χ1) is 17.7. The molecule has 6 N–H and O–H groups in total. The van der Waals surface area contributed by atoms with Crippen molar-refractivity contribution in [3.8, 4) is 0 Å². The van der Waals surface area contributed by atoms with Gasteiger partial charge in [-0.05, 0) is 6.92 Å². The normalized spacial score (nSPS) is 28.8. The lowest BCUT2D eigenvalue weighted by atomic mass is 10.2. The summed E-state index contributed by atoms with van der Waals surface area (Å²) < 4.78 is 25.5. The first-order valence-corrected chi connectivity index (χ1v) is 12.5. The van der Waals surface area contributed by atoms with Gasteiger partial charge in [-0.1, -0.05) is 0 Å². The number of aliphatic hydroxyl groups is 2. The molecular weight excluding hydrogens is 513 g/mol. The topological polar surface area (TPSA) is 222 Å². The maximum atomic E-state index is 12.1. The second kappa shape index (κ2) is 10.5. The molecule has 7 atom stereocenters. The average molecular weight is 539 g/mol. The molecule has 16 nitrogen and oxygen atoms in total. The Labute approximate surface area is 209 Å². The second-order valence-corrected chi connectivity index (χ2v) is 9.66. The second-order valence-electron chi connectivity index (χ2n) is 8.72. The summed E-state index contributed by atoms with van der Waals surface area (Å²) in [4.78, 5) is 48.6. The van der Waals surface area contributed by atoms with Crippen LogP contribution in [0.5, 0.6) is 0 Å². The molecule has 1 unspecified atom stereocenters. The number of imidazole rings is 1. The zero-order chi connectivity index (χ0) is 26.3. The zero-order valence-electron chi connectivity index (χ0n) is 19.6. The summed E-state index contributed by atoms with van der Waals surface area (Å²) >= 11 is 0. The summed E-state index contributed by atoms with van der Waals surface area (Å²) in [6.07, 6.45) is -0.213. The Morgan fingerprint density at radius 1 is 1.19 bits per heavy atom. The van der Waals surface area contributed by atoms with Crippen molar-refractivity contribution in [2.75, 3.05) is 18.9 Å². The highest BCUT2D eigenvalue weighted by Crippen LogP contribution is 2.43. The predicted molar refractivity (Wildman–Crippen MR) is 126 cm³/mol. The van der Waals surface area contributed by atoms with E-state index in [9.17, 15) is 24.7 Å². The molecule has 0 aromatic carbocycles. The SMILES string of the molecule is Cc1cn([C@H]2C[C@H](O)[C@@H](COP(O)O[C@H]3C[C@H](n4cnc5c(N)ncnc54)O[C@@H]3CO)O2)c(=O)[nH]c1=O. The Morgan fingerprint density at radius 3 is 2.73 bits per heavy atom. The van der Waals surface area contributed by atoms with Crippen molar-refractivity contribution in [1.29, 1.82) is 0 Å². The number of nitrogens with two attached hydrogens (primary N) is 1. The first kappa shape index (κ1) is 25.8. The minimum Gasteiger partial charge on any atom is -0.394 e. The average Bonchev–Trinajstić information content (AvgIpc) is 3.57. The van der Waals surface area contributed by atoms with Gasteiger partial charge in [0.25, 0.3) is 5.56 Å². The number of nitrogens with zero attached hydrogens (tertiary/aromatic N) is 5. The van der Waals surface area contributed by atoms with Gasteiger partial charge in [0.1, 0.15) is 36.5 Å². The standard InChI is InChI=1S/C20H26N7O9P/c1-9-4-26(20(31)25-19(9)30)14-2-10(29)13(35-14)6-33-37(32)36-11-3-15(34-12(11)5-28)27-8-24-16-17(21)22-7-23-18(16)27/h4,7-8,10-15,28-29,32H,2-3,5-6H2,1H3,(H2,21,22,23)(H,25,30,31)/t10-,11-,12+,13+,14+,15+,37?/m0/s1. The summed E-state index contributed by atoms with van der Waals surface area (Å²) in [5, 5.41) is 20.1. The smallest absolute Gasteiger partial charge is 0.330 e. The third-order valence-electron chi connectivity index (χ3n) is 6.29. The molecule has 0 radical (unpaired) electrons. The molecule has 0 spiro atoms. The van der Waals surface area contributed by atoms with Crippen molar-refractivity contribution in [3.63, 3.8) is 0 Å². The van der Waals surface area contributed by atoms with Crippen molar-refractivity contribution in [2.24, 2.45) is 0 Å². The van der Waals surface area contributed by atoms with Crippen molar-refractivity contribution in [1.82, 2.24) is 29.1 Å². The van der Waals surface area contributed by atoms with Crippen LogP contribution < -0.4 is 17.0 Å². The molecule has 5 heterocycles. The molecule has 3 aromatic heterocycles. The largest absolute Gasteiger partial charge is 0.394 e. The molecule has 37 heavy (non-hydrogen) atoms. The van der Waals surface area contributed by atoms with Crippen LogP contribution >= 0.6 is 8.60 Å². The maximum Gasteiger partial charge on any atom is 0.330 e. The number of hydrogen-bond donors (Lipinski definition) is 5. The van der Waals surface area contributed by atoms with Crippen LogP contribution in [0.15, 0.2) is 28.4 Å². The Bertz CT molecular complexity index is 1380. The summed E-state index contributed by atoms with van der Waals surface area (Å²) in [5.74, 6) is 0.222. The van der Waals surface area contributed by atoms with Gasteiger partial charge in [0.15, 0.2) is 11.5 Å². The Kier molecular flexibility index (Phi) is 7.33. The van der Waals surface area contributed by atoms with Gasteiger partial charge in [-0.25, -0.2) is 19.7 Å². The highest BCUT2D eigenvalue weighted by atomic mass is 31.2. The molecule has 0 bridgehead atoms. The minimum atomic E-state index is -2.43. The molecule has 2 fully saturated rings. The van der Waals surface area contributed by atoms with Crippen LogP contribution in [0.2, 0.25) is 0 Å². The van der Waals surface area contributed by atoms with Crippen molar-refractivity contribution < 1.29 is 33.6 Å².